The molecule has 20 heavy (non-hydrogen) atoms. The highest BCUT2D eigenvalue weighted by atomic mass is 79.9. The molecular weight excluding hydrogens is 314 g/mol. The summed E-state index contributed by atoms with van der Waals surface area (Å²) in [5.74, 6) is 0. The molecule has 4 heteroatoms. The van der Waals surface area contributed by atoms with Crippen molar-refractivity contribution in [3.8, 4) is 0 Å². The van der Waals surface area contributed by atoms with Crippen molar-refractivity contribution in [2.45, 2.75) is 26.9 Å². The first kappa shape index (κ1) is 15.0. The molecule has 0 aliphatic carbocycles. The second-order valence-corrected chi connectivity index (χ2v) is 5.78. The quantitative estimate of drug-likeness (QED) is 0.847. The van der Waals surface area contributed by atoms with E-state index in [0.717, 1.165) is 41.2 Å². The summed E-state index contributed by atoms with van der Waals surface area (Å²) < 4.78 is 0.958. The van der Waals surface area contributed by atoms with E-state index >= 15 is 0 Å². The molecule has 3 nitrogen and oxygen atoms in total. The topological polar surface area (TPSA) is 42.1 Å². The van der Waals surface area contributed by atoms with Crippen molar-refractivity contribution < 1.29 is 0 Å². The second-order valence-electron chi connectivity index (χ2n) is 4.93. The highest BCUT2D eigenvalue weighted by Gasteiger charge is 2.07. The monoisotopic (exact) mass is 333 g/mol. The van der Waals surface area contributed by atoms with Gasteiger partial charge < -0.3 is 5.73 Å². The lowest BCUT2D eigenvalue weighted by Crippen LogP contribution is -2.23. The zero-order chi connectivity index (χ0) is 14.5. The van der Waals surface area contributed by atoms with Gasteiger partial charge in [0.15, 0.2) is 0 Å². The van der Waals surface area contributed by atoms with E-state index < -0.39 is 0 Å². The Morgan fingerprint density at radius 3 is 2.65 bits per heavy atom. The first-order chi connectivity index (χ1) is 9.58. The molecule has 2 N–H and O–H groups in total. The zero-order valence-corrected chi connectivity index (χ0v) is 13.5. The average molecular weight is 334 g/mol. The van der Waals surface area contributed by atoms with Gasteiger partial charge in [0, 0.05) is 28.9 Å². The highest BCUT2D eigenvalue weighted by molar-refractivity contribution is 9.10. The fourth-order valence-corrected chi connectivity index (χ4v) is 2.55. The van der Waals surface area contributed by atoms with Crippen molar-refractivity contribution >= 4 is 21.6 Å². The summed E-state index contributed by atoms with van der Waals surface area (Å²) in [5.41, 5.74) is 10.0. The maximum absolute atomic E-state index is 5.82. The first-order valence-electron chi connectivity index (χ1n) is 6.77. The Kier molecular flexibility index (Phi) is 5.15. The van der Waals surface area contributed by atoms with Crippen LogP contribution in [-0.4, -0.2) is 16.4 Å². The number of pyridine rings is 1. The lowest BCUT2D eigenvalue weighted by atomic mass is 10.2. The van der Waals surface area contributed by atoms with Crippen LogP contribution in [0.25, 0.3) is 0 Å². The van der Waals surface area contributed by atoms with Gasteiger partial charge in [-0.2, -0.15) is 0 Å². The molecule has 0 fully saturated rings. The molecule has 0 bridgehead atoms. The minimum atomic E-state index is 0.775. The number of nitrogen functional groups attached to an aromatic ring is 1. The predicted octanol–water partition coefficient (Wildman–Crippen LogP) is 3.76. The van der Waals surface area contributed by atoms with Crippen LogP contribution in [0.3, 0.4) is 0 Å². The van der Waals surface area contributed by atoms with Gasteiger partial charge in [-0.3, -0.25) is 9.88 Å². The van der Waals surface area contributed by atoms with Crippen LogP contribution >= 0.6 is 15.9 Å². The summed E-state index contributed by atoms with van der Waals surface area (Å²) in [6.07, 6.45) is 0. The van der Waals surface area contributed by atoms with E-state index in [9.17, 15) is 0 Å². The molecule has 0 amide bonds. The van der Waals surface area contributed by atoms with Gasteiger partial charge in [-0.05, 0) is 59.2 Å². The maximum Gasteiger partial charge on any atom is 0.0547 e. The number of halogens is 1. The van der Waals surface area contributed by atoms with Crippen LogP contribution in [0.4, 0.5) is 5.69 Å². The van der Waals surface area contributed by atoms with E-state index in [1.54, 1.807) is 0 Å². The van der Waals surface area contributed by atoms with Crippen LogP contribution in [0.5, 0.6) is 0 Å². The summed E-state index contributed by atoms with van der Waals surface area (Å²) in [7, 11) is 0. The summed E-state index contributed by atoms with van der Waals surface area (Å²) >= 11 is 3.48. The Bertz CT molecular complexity index is 584. The summed E-state index contributed by atoms with van der Waals surface area (Å²) in [6, 6.07) is 12.3. The molecule has 0 aliphatic rings. The molecule has 0 radical (unpaired) electrons. The lowest BCUT2D eigenvalue weighted by molar-refractivity contribution is 0.268. The molecule has 0 atom stereocenters. The van der Waals surface area contributed by atoms with Crippen LogP contribution < -0.4 is 5.73 Å². The van der Waals surface area contributed by atoms with Gasteiger partial charge in [0.1, 0.15) is 0 Å². The lowest BCUT2D eigenvalue weighted by Gasteiger charge is -2.20. The molecule has 0 unspecified atom stereocenters. The molecule has 0 saturated carbocycles. The fraction of sp³-hybridized carbons (Fsp3) is 0.312. The van der Waals surface area contributed by atoms with Crippen LogP contribution in [0.2, 0.25) is 0 Å². The van der Waals surface area contributed by atoms with Crippen molar-refractivity contribution in [3.05, 3.63) is 57.8 Å². The third-order valence-electron chi connectivity index (χ3n) is 3.25. The fourth-order valence-electron chi connectivity index (χ4n) is 2.12. The molecule has 0 saturated heterocycles. The standard InChI is InChI=1S/C16H20BrN3/c1-3-20(11-14-6-4-5-12(2)19-14)10-13-7-8-16(18)15(17)9-13/h4-9H,3,10-11,18H2,1-2H3. The Hall–Kier alpha value is -1.39. The van der Waals surface area contributed by atoms with Crippen LogP contribution in [-0.2, 0) is 13.1 Å². The number of hydrogen-bond donors (Lipinski definition) is 1. The number of benzene rings is 1. The number of aryl methyl sites for hydroxylation is 1. The third kappa shape index (κ3) is 4.05. The molecular formula is C16H20BrN3. The third-order valence-corrected chi connectivity index (χ3v) is 3.94. The minimum Gasteiger partial charge on any atom is -0.398 e. The average Bonchev–Trinajstić information content (AvgIpc) is 2.42. The van der Waals surface area contributed by atoms with Gasteiger partial charge in [0.25, 0.3) is 0 Å². The number of nitrogens with zero attached hydrogens (tertiary/aromatic N) is 2. The number of nitrogens with two attached hydrogens (primary N) is 1. The summed E-state index contributed by atoms with van der Waals surface area (Å²) in [6.45, 7) is 6.93. The molecule has 2 rings (SSSR count). The van der Waals surface area contributed by atoms with Crippen molar-refractivity contribution in [1.82, 2.24) is 9.88 Å². The van der Waals surface area contributed by atoms with Gasteiger partial charge in [0.2, 0.25) is 0 Å². The van der Waals surface area contributed by atoms with Crippen molar-refractivity contribution in [3.63, 3.8) is 0 Å². The Balaban J connectivity index is 2.07. The molecule has 1 aromatic heterocycles. The van der Waals surface area contributed by atoms with Crippen LogP contribution in [0.15, 0.2) is 40.9 Å². The smallest absolute Gasteiger partial charge is 0.0547 e. The van der Waals surface area contributed by atoms with Crippen LogP contribution in [0, 0.1) is 6.92 Å². The molecule has 2 aromatic rings. The van der Waals surface area contributed by atoms with Gasteiger partial charge in [-0.25, -0.2) is 0 Å². The van der Waals surface area contributed by atoms with Crippen molar-refractivity contribution in [2.24, 2.45) is 0 Å². The van der Waals surface area contributed by atoms with Gasteiger partial charge in [0.05, 0.1) is 5.69 Å². The maximum atomic E-state index is 5.82. The Morgan fingerprint density at radius 1 is 1.20 bits per heavy atom. The van der Waals surface area contributed by atoms with E-state index in [1.807, 2.05) is 19.1 Å². The van der Waals surface area contributed by atoms with Crippen molar-refractivity contribution in [1.29, 1.82) is 0 Å². The van der Waals surface area contributed by atoms with E-state index in [1.165, 1.54) is 5.56 Å². The zero-order valence-electron chi connectivity index (χ0n) is 11.9. The Labute approximate surface area is 129 Å². The normalized spacial score (nSPS) is 11.0. The summed E-state index contributed by atoms with van der Waals surface area (Å²) in [5, 5.41) is 0. The Morgan fingerprint density at radius 2 is 2.00 bits per heavy atom. The second kappa shape index (κ2) is 6.86. The molecule has 0 spiro atoms. The minimum absolute atomic E-state index is 0.775. The van der Waals surface area contributed by atoms with E-state index in [2.05, 4.69) is 57.0 Å². The largest absolute Gasteiger partial charge is 0.398 e. The van der Waals surface area contributed by atoms with Crippen LogP contribution in [0.1, 0.15) is 23.9 Å². The highest BCUT2D eigenvalue weighted by Crippen LogP contribution is 2.21. The van der Waals surface area contributed by atoms with Gasteiger partial charge >= 0.3 is 0 Å². The molecule has 106 valence electrons. The molecule has 0 aliphatic heterocycles. The molecule has 1 heterocycles. The van der Waals surface area contributed by atoms with E-state index in [4.69, 9.17) is 5.73 Å². The number of rotatable bonds is 5. The SMILES string of the molecule is CCN(Cc1ccc(N)c(Br)c1)Cc1cccc(C)n1. The predicted molar refractivity (Wildman–Crippen MR) is 87.3 cm³/mol. The summed E-state index contributed by atoms with van der Waals surface area (Å²) in [4.78, 5) is 6.92. The number of anilines is 1. The molecule has 1 aromatic carbocycles. The van der Waals surface area contributed by atoms with Gasteiger partial charge in [-0.15, -0.1) is 0 Å². The number of aromatic nitrogens is 1. The van der Waals surface area contributed by atoms with Crippen molar-refractivity contribution in [2.75, 3.05) is 12.3 Å². The number of hydrogen-bond acceptors (Lipinski definition) is 3. The first-order valence-corrected chi connectivity index (χ1v) is 7.56. The van der Waals surface area contributed by atoms with Gasteiger partial charge in [-0.1, -0.05) is 19.1 Å². The van der Waals surface area contributed by atoms with E-state index in [-0.39, 0.29) is 0 Å². The van der Waals surface area contributed by atoms with E-state index in [0.29, 0.717) is 0 Å².